The Hall–Kier alpha value is -2.62. The first kappa shape index (κ1) is 19.7. The molecule has 0 saturated carbocycles. The largest absolute Gasteiger partial charge is 0.504 e. The zero-order chi connectivity index (χ0) is 18.9. The van der Waals surface area contributed by atoms with Crippen LogP contribution in [0.1, 0.15) is 47.7 Å². The molecule has 26 heavy (non-hydrogen) atoms. The van der Waals surface area contributed by atoms with E-state index in [1.54, 1.807) is 6.92 Å². The quantitative estimate of drug-likeness (QED) is 0.467. The number of ketones is 1. The molecule has 0 heterocycles. The SMILES string of the molecule is C=CCCc1ccc(CCCC(=O)c2ccc(OCC)c(F)c2O)cc1. The van der Waals surface area contributed by atoms with Crippen molar-refractivity contribution in [2.24, 2.45) is 0 Å². The predicted molar refractivity (Wildman–Crippen MR) is 101 cm³/mol. The number of aryl methyl sites for hydroxylation is 2. The zero-order valence-corrected chi connectivity index (χ0v) is 15.1. The van der Waals surface area contributed by atoms with Gasteiger partial charge in [-0.25, -0.2) is 0 Å². The van der Waals surface area contributed by atoms with E-state index in [0.29, 0.717) is 6.42 Å². The van der Waals surface area contributed by atoms with Crippen LogP contribution in [0.15, 0.2) is 49.1 Å². The van der Waals surface area contributed by atoms with E-state index in [2.05, 4.69) is 30.8 Å². The summed E-state index contributed by atoms with van der Waals surface area (Å²) in [6.45, 7) is 5.73. The van der Waals surface area contributed by atoms with Crippen molar-refractivity contribution < 1.29 is 19.0 Å². The van der Waals surface area contributed by atoms with Crippen molar-refractivity contribution in [1.29, 1.82) is 0 Å². The molecular weight excluding hydrogens is 331 g/mol. The molecule has 0 aliphatic carbocycles. The molecule has 0 unspecified atom stereocenters. The third-order valence-corrected chi connectivity index (χ3v) is 4.21. The number of hydrogen-bond acceptors (Lipinski definition) is 3. The number of phenols is 1. The number of halogens is 1. The summed E-state index contributed by atoms with van der Waals surface area (Å²) in [6, 6.07) is 11.1. The van der Waals surface area contributed by atoms with Crippen molar-refractivity contribution in [3.05, 3.63) is 71.6 Å². The third kappa shape index (κ3) is 5.19. The molecule has 0 amide bonds. The van der Waals surface area contributed by atoms with Crippen LogP contribution in [-0.4, -0.2) is 17.5 Å². The molecule has 2 aromatic rings. The van der Waals surface area contributed by atoms with Gasteiger partial charge >= 0.3 is 0 Å². The highest BCUT2D eigenvalue weighted by atomic mass is 19.1. The Morgan fingerprint density at radius 2 is 1.81 bits per heavy atom. The molecule has 0 aromatic heterocycles. The van der Waals surface area contributed by atoms with Crippen LogP contribution in [0.5, 0.6) is 11.5 Å². The van der Waals surface area contributed by atoms with Gasteiger partial charge in [-0.15, -0.1) is 6.58 Å². The van der Waals surface area contributed by atoms with Crippen LogP contribution in [0.4, 0.5) is 4.39 Å². The Bertz CT molecular complexity index is 751. The summed E-state index contributed by atoms with van der Waals surface area (Å²) in [5, 5.41) is 9.91. The van der Waals surface area contributed by atoms with E-state index < -0.39 is 11.6 Å². The summed E-state index contributed by atoms with van der Waals surface area (Å²) in [4.78, 5) is 12.3. The van der Waals surface area contributed by atoms with E-state index in [4.69, 9.17) is 4.74 Å². The maximum Gasteiger partial charge on any atom is 0.207 e. The first-order valence-corrected chi connectivity index (χ1v) is 8.93. The monoisotopic (exact) mass is 356 g/mol. The van der Waals surface area contributed by atoms with Gasteiger partial charge in [-0.2, -0.15) is 4.39 Å². The van der Waals surface area contributed by atoms with Crippen LogP contribution < -0.4 is 4.74 Å². The molecule has 0 spiro atoms. The van der Waals surface area contributed by atoms with E-state index in [0.717, 1.165) is 24.8 Å². The van der Waals surface area contributed by atoms with Gasteiger partial charge in [-0.3, -0.25) is 4.79 Å². The van der Waals surface area contributed by atoms with Gasteiger partial charge in [0.05, 0.1) is 12.2 Å². The van der Waals surface area contributed by atoms with Gasteiger partial charge in [0.2, 0.25) is 5.82 Å². The average molecular weight is 356 g/mol. The number of carbonyl (C=O) groups is 1. The Kier molecular flexibility index (Phi) is 7.39. The highest BCUT2D eigenvalue weighted by molar-refractivity contribution is 5.98. The number of ether oxygens (including phenoxy) is 1. The predicted octanol–water partition coefficient (Wildman–Crippen LogP) is 5.25. The molecule has 0 aliphatic rings. The zero-order valence-electron chi connectivity index (χ0n) is 15.1. The number of rotatable bonds is 10. The van der Waals surface area contributed by atoms with Crippen molar-refractivity contribution >= 4 is 5.78 Å². The number of benzene rings is 2. The van der Waals surface area contributed by atoms with Crippen LogP contribution in [0.2, 0.25) is 0 Å². The van der Waals surface area contributed by atoms with E-state index in [9.17, 15) is 14.3 Å². The molecule has 0 radical (unpaired) electrons. The highest BCUT2D eigenvalue weighted by Gasteiger charge is 2.18. The fourth-order valence-corrected chi connectivity index (χ4v) is 2.77. The van der Waals surface area contributed by atoms with E-state index in [1.807, 2.05) is 6.08 Å². The maximum atomic E-state index is 14.0. The van der Waals surface area contributed by atoms with Gasteiger partial charge < -0.3 is 9.84 Å². The van der Waals surface area contributed by atoms with Gasteiger partial charge in [0.25, 0.3) is 0 Å². The molecule has 0 saturated heterocycles. The average Bonchev–Trinajstić information content (AvgIpc) is 2.65. The van der Waals surface area contributed by atoms with Crippen molar-refractivity contribution in [1.82, 2.24) is 0 Å². The van der Waals surface area contributed by atoms with Crippen LogP contribution in [0.25, 0.3) is 0 Å². The Balaban J connectivity index is 1.90. The van der Waals surface area contributed by atoms with Crippen LogP contribution in [0.3, 0.4) is 0 Å². The summed E-state index contributed by atoms with van der Waals surface area (Å²) in [6.07, 6.45) is 5.48. The lowest BCUT2D eigenvalue weighted by atomic mass is 10.0. The van der Waals surface area contributed by atoms with Gasteiger partial charge in [0.1, 0.15) is 0 Å². The lowest BCUT2D eigenvalue weighted by Crippen LogP contribution is -2.03. The number of hydrogen-bond donors (Lipinski definition) is 1. The summed E-state index contributed by atoms with van der Waals surface area (Å²) >= 11 is 0. The molecule has 3 nitrogen and oxygen atoms in total. The van der Waals surface area contributed by atoms with Crippen molar-refractivity contribution in [3.8, 4) is 11.5 Å². The Labute approximate surface area is 154 Å². The van der Waals surface area contributed by atoms with Gasteiger partial charge in [0, 0.05) is 6.42 Å². The second kappa shape index (κ2) is 9.76. The summed E-state index contributed by atoms with van der Waals surface area (Å²) in [7, 11) is 0. The fraction of sp³-hybridized carbons (Fsp3) is 0.318. The third-order valence-electron chi connectivity index (χ3n) is 4.21. The van der Waals surface area contributed by atoms with Crippen molar-refractivity contribution in [3.63, 3.8) is 0 Å². The molecule has 138 valence electrons. The first-order valence-electron chi connectivity index (χ1n) is 8.93. The lowest BCUT2D eigenvalue weighted by Gasteiger charge is -2.09. The smallest absolute Gasteiger partial charge is 0.207 e. The Morgan fingerprint density at radius 3 is 2.42 bits per heavy atom. The van der Waals surface area contributed by atoms with Gasteiger partial charge in [-0.05, 0) is 55.9 Å². The molecule has 2 aromatic carbocycles. The highest BCUT2D eigenvalue weighted by Crippen LogP contribution is 2.30. The van der Waals surface area contributed by atoms with Gasteiger partial charge in [-0.1, -0.05) is 30.3 Å². The molecule has 2 rings (SSSR count). The minimum Gasteiger partial charge on any atom is -0.504 e. The number of Topliss-reactive ketones (excluding diaryl/α,β-unsaturated/α-hetero) is 1. The molecule has 4 heteroatoms. The first-order chi connectivity index (χ1) is 12.6. The van der Waals surface area contributed by atoms with Crippen molar-refractivity contribution in [2.45, 2.75) is 39.0 Å². The molecule has 0 fully saturated rings. The number of phenolic OH excluding ortho intramolecular Hbond substituents is 1. The summed E-state index contributed by atoms with van der Waals surface area (Å²) < 4.78 is 19.1. The standard InChI is InChI=1S/C22H25FO3/c1-3-5-7-16-10-12-17(13-11-16)8-6-9-19(24)18-14-15-20(26-4-2)21(23)22(18)25/h3,10-15,25H,1,4-9H2,2H3. The summed E-state index contributed by atoms with van der Waals surface area (Å²) in [5.74, 6) is -1.83. The summed E-state index contributed by atoms with van der Waals surface area (Å²) in [5.41, 5.74) is 2.42. The van der Waals surface area contributed by atoms with E-state index >= 15 is 0 Å². The minimum absolute atomic E-state index is 0.00530. The van der Waals surface area contributed by atoms with E-state index in [1.165, 1.54) is 17.7 Å². The Morgan fingerprint density at radius 1 is 1.15 bits per heavy atom. The number of aromatic hydroxyl groups is 1. The van der Waals surface area contributed by atoms with E-state index in [-0.39, 0.29) is 30.1 Å². The molecule has 1 N–H and O–H groups in total. The fourth-order valence-electron chi connectivity index (χ4n) is 2.77. The second-order valence-electron chi connectivity index (χ2n) is 6.13. The normalized spacial score (nSPS) is 10.5. The van der Waals surface area contributed by atoms with Crippen LogP contribution >= 0.6 is 0 Å². The second-order valence-corrected chi connectivity index (χ2v) is 6.13. The molecular formula is C22H25FO3. The number of carbonyl (C=O) groups excluding carboxylic acids is 1. The molecule has 0 atom stereocenters. The van der Waals surface area contributed by atoms with Gasteiger partial charge in [0.15, 0.2) is 17.3 Å². The molecule has 0 aliphatic heterocycles. The van der Waals surface area contributed by atoms with Crippen LogP contribution in [-0.2, 0) is 12.8 Å². The number of allylic oxidation sites excluding steroid dienone is 1. The minimum atomic E-state index is -0.882. The van der Waals surface area contributed by atoms with Crippen molar-refractivity contribution in [2.75, 3.05) is 6.61 Å². The van der Waals surface area contributed by atoms with Crippen LogP contribution in [0, 0.1) is 5.82 Å². The topological polar surface area (TPSA) is 46.5 Å². The molecule has 0 bridgehead atoms. The lowest BCUT2D eigenvalue weighted by molar-refractivity contribution is 0.0976. The maximum absolute atomic E-state index is 14.0.